The minimum absolute atomic E-state index is 0.0694. The molecule has 1 heteroatoms. The molecule has 9 heavy (non-hydrogen) atoms. The maximum absolute atomic E-state index is 9.34. The van der Waals surface area contributed by atoms with Gasteiger partial charge in [0.05, 0.1) is 6.10 Å². The van der Waals surface area contributed by atoms with E-state index in [4.69, 9.17) is 0 Å². The van der Waals surface area contributed by atoms with Gasteiger partial charge >= 0.3 is 0 Å². The fourth-order valence-electron chi connectivity index (χ4n) is 2.69. The summed E-state index contributed by atoms with van der Waals surface area (Å²) in [6.07, 6.45) is 3.77. The maximum Gasteiger partial charge on any atom is 0.0574 e. The molecule has 0 heterocycles. The van der Waals surface area contributed by atoms with Crippen molar-refractivity contribution in [3.8, 4) is 0 Å². The number of aliphatic hydroxyl groups excluding tert-OH is 1. The van der Waals surface area contributed by atoms with Crippen molar-refractivity contribution in [1.82, 2.24) is 0 Å². The predicted molar refractivity (Wildman–Crippen MR) is 36.0 cm³/mol. The number of fused-ring (bicyclic) bond motifs is 1. The Labute approximate surface area is 56.1 Å². The first-order chi connectivity index (χ1) is 4.33. The molecule has 0 amide bonds. The summed E-state index contributed by atoms with van der Waals surface area (Å²) in [7, 11) is 0. The Morgan fingerprint density at radius 1 is 1.44 bits per heavy atom. The van der Waals surface area contributed by atoms with Crippen LogP contribution in [0.15, 0.2) is 0 Å². The highest BCUT2D eigenvalue weighted by Gasteiger charge is 2.50. The zero-order chi connectivity index (χ0) is 6.43. The van der Waals surface area contributed by atoms with Crippen molar-refractivity contribution < 1.29 is 5.11 Å². The summed E-state index contributed by atoms with van der Waals surface area (Å²) in [5, 5.41) is 9.34. The van der Waals surface area contributed by atoms with Crippen molar-refractivity contribution in [3.63, 3.8) is 0 Å². The monoisotopic (exact) mass is 126 g/mol. The fraction of sp³-hybridized carbons (Fsp3) is 1.00. The van der Waals surface area contributed by atoms with Crippen LogP contribution in [0.5, 0.6) is 0 Å². The molecule has 0 aromatic rings. The van der Waals surface area contributed by atoms with E-state index in [0.717, 1.165) is 18.3 Å². The third-order valence-corrected chi connectivity index (χ3v) is 3.24. The molecule has 1 N–H and O–H groups in total. The summed E-state index contributed by atoms with van der Waals surface area (Å²) < 4.78 is 0. The van der Waals surface area contributed by atoms with Crippen LogP contribution >= 0.6 is 0 Å². The molecule has 3 aliphatic rings. The van der Waals surface area contributed by atoms with Gasteiger partial charge in [-0.25, -0.2) is 0 Å². The zero-order valence-electron chi connectivity index (χ0n) is 5.88. The minimum Gasteiger partial charge on any atom is -0.393 e. The quantitative estimate of drug-likeness (QED) is 0.563. The van der Waals surface area contributed by atoms with Gasteiger partial charge in [-0.2, -0.15) is 0 Å². The van der Waals surface area contributed by atoms with Crippen molar-refractivity contribution >= 4 is 0 Å². The normalized spacial score (nSPS) is 55.3. The molecule has 0 aliphatic heterocycles. The molecule has 0 aromatic heterocycles. The van der Waals surface area contributed by atoms with E-state index in [9.17, 15) is 5.11 Å². The Balaban J connectivity index is 2.04. The number of hydrogen-bond donors (Lipinski definition) is 1. The average Bonchev–Trinajstić information content (AvgIpc) is 2.22. The van der Waals surface area contributed by atoms with Gasteiger partial charge in [0.25, 0.3) is 0 Å². The van der Waals surface area contributed by atoms with E-state index in [1.807, 2.05) is 0 Å². The third kappa shape index (κ3) is 0.586. The summed E-state index contributed by atoms with van der Waals surface area (Å²) in [6, 6.07) is 0. The summed E-state index contributed by atoms with van der Waals surface area (Å²) in [4.78, 5) is 0. The van der Waals surface area contributed by atoms with E-state index in [1.165, 1.54) is 12.8 Å². The fourth-order valence-corrected chi connectivity index (χ4v) is 2.69. The summed E-state index contributed by atoms with van der Waals surface area (Å²) in [5.74, 6) is 2.48. The van der Waals surface area contributed by atoms with Crippen LogP contribution in [0, 0.1) is 17.8 Å². The van der Waals surface area contributed by atoms with Crippen molar-refractivity contribution in [2.24, 2.45) is 17.8 Å². The molecule has 3 rings (SSSR count). The second kappa shape index (κ2) is 1.72. The first-order valence-corrected chi connectivity index (χ1v) is 4.01. The SMILES string of the molecule is CC[C@@H]1[C@@H]2C[C@H]1[C@@H](O)C2. The van der Waals surface area contributed by atoms with Gasteiger partial charge in [-0.3, -0.25) is 0 Å². The van der Waals surface area contributed by atoms with Crippen LogP contribution < -0.4 is 0 Å². The molecule has 1 nitrogen and oxygen atoms in total. The van der Waals surface area contributed by atoms with E-state index >= 15 is 0 Å². The average molecular weight is 126 g/mol. The van der Waals surface area contributed by atoms with Crippen LogP contribution in [0.3, 0.4) is 0 Å². The van der Waals surface area contributed by atoms with Gasteiger partial charge in [-0.1, -0.05) is 13.3 Å². The molecule has 0 saturated heterocycles. The van der Waals surface area contributed by atoms with Crippen molar-refractivity contribution in [2.75, 3.05) is 0 Å². The molecule has 0 spiro atoms. The lowest BCUT2D eigenvalue weighted by Gasteiger charge is -2.35. The lowest BCUT2D eigenvalue weighted by molar-refractivity contribution is 0.0773. The van der Waals surface area contributed by atoms with Crippen LogP contribution in [0.2, 0.25) is 0 Å². The van der Waals surface area contributed by atoms with E-state index in [0.29, 0.717) is 5.92 Å². The van der Waals surface area contributed by atoms with Crippen molar-refractivity contribution in [2.45, 2.75) is 32.3 Å². The summed E-state index contributed by atoms with van der Waals surface area (Å²) in [5.41, 5.74) is 0. The van der Waals surface area contributed by atoms with Crippen molar-refractivity contribution in [3.05, 3.63) is 0 Å². The summed E-state index contributed by atoms with van der Waals surface area (Å²) >= 11 is 0. The largest absolute Gasteiger partial charge is 0.393 e. The number of hydrogen-bond acceptors (Lipinski definition) is 1. The predicted octanol–water partition coefficient (Wildman–Crippen LogP) is 1.41. The smallest absolute Gasteiger partial charge is 0.0574 e. The Morgan fingerprint density at radius 3 is 2.44 bits per heavy atom. The molecule has 3 aliphatic carbocycles. The molecular weight excluding hydrogens is 112 g/mol. The molecule has 0 radical (unpaired) electrons. The molecule has 0 unspecified atom stereocenters. The molecular formula is C8H14O. The minimum atomic E-state index is 0.0694. The van der Waals surface area contributed by atoms with E-state index in [2.05, 4.69) is 6.92 Å². The third-order valence-electron chi connectivity index (χ3n) is 3.24. The Kier molecular flexibility index (Phi) is 1.10. The first-order valence-electron chi connectivity index (χ1n) is 4.01. The standard InChI is InChI=1S/C8H14O/c1-2-6-5-3-7(6)8(9)4-5/h5-9H,2-4H2,1H3/t5-,6-,7-,8+/m1/s1. The van der Waals surface area contributed by atoms with Crippen LogP contribution in [0.25, 0.3) is 0 Å². The van der Waals surface area contributed by atoms with E-state index in [1.54, 1.807) is 0 Å². The zero-order valence-corrected chi connectivity index (χ0v) is 5.88. The lowest BCUT2D eigenvalue weighted by atomic mass is 9.71. The van der Waals surface area contributed by atoms with Gasteiger partial charge < -0.3 is 5.11 Å². The van der Waals surface area contributed by atoms with Crippen LogP contribution in [0.1, 0.15) is 26.2 Å². The van der Waals surface area contributed by atoms with Gasteiger partial charge in [0.15, 0.2) is 0 Å². The topological polar surface area (TPSA) is 20.2 Å². The Morgan fingerprint density at radius 2 is 2.22 bits per heavy atom. The van der Waals surface area contributed by atoms with E-state index in [-0.39, 0.29) is 6.10 Å². The van der Waals surface area contributed by atoms with Gasteiger partial charge in [0, 0.05) is 0 Å². The summed E-state index contributed by atoms with van der Waals surface area (Å²) in [6.45, 7) is 2.24. The molecule has 3 saturated carbocycles. The number of aliphatic hydroxyl groups is 1. The molecule has 4 atom stereocenters. The lowest BCUT2D eigenvalue weighted by Crippen LogP contribution is -2.30. The second-order valence-electron chi connectivity index (χ2n) is 3.53. The van der Waals surface area contributed by atoms with Crippen molar-refractivity contribution in [1.29, 1.82) is 0 Å². The van der Waals surface area contributed by atoms with Gasteiger partial charge in [-0.15, -0.1) is 0 Å². The molecule has 2 bridgehead atoms. The van der Waals surface area contributed by atoms with E-state index < -0.39 is 0 Å². The van der Waals surface area contributed by atoms with Crippen LogP contribution in [0.4, 0.5) is 0 Å². The molecule has 52 valence electrons. The van der Waals surface area contributed by atoms with Crippen LogP contribution in [-0.4, -0.2) is 11.2 Å². The molecule has 0 aromatic carbocycles. The van der Waals surface area contributed by atoms with Gasteiger partial charge in [0.2, 0.25) is 0 Å². The Hall–Kier alpha value is -0.0400. The number of rotatable bonds is 1. The van der Waals surface area contributed by atoms with Crippen LogP contribution in [-0.2, 0) is 0 Å². The highest BCUT2D eigenvalue weighted by molar-refractivity contribution is 5.00. The van der Waals surface area contributed by atoms with Gasteiger partial charge in [0.1, 0.15) is 0 Å². The highest BCUT2D eigenvalue weighted by Crippen LogP contribution is 2.54. The van der Waals surface area contributed by atoms with Gasteiger partial charge in [-0.05, 0) is 30.6 Å². The molecule has 3 fully saturated rings. The maximum atomic E-state index is 9.34. The highest BCUT2D eigenvalue weighted by atomic mass is 16.3. The first kappa shape index (κ1) is 5.72. The second-order valence-corrected chi connectivity index (χ2v) is 3.53. The Bertz CT molecular complexity index is 122.